The van der Waals surface area contributed by atoms with Crippen LogP contribution in [0, 0.1) is 11.3 Å². The molecule has 3 rings (SSSR count). The van der Waals surface area contributed by atoms with Gasteiger partial charge in [0.15, 0.2) is 0 Å². The summed E-state index contributed by atoms with van der Waals surface area (Å²) in [5, 5.41) is 12.0. The van der Waals surface area contributed by atoms with Crippen LogP contribution in [0.4, 0.5) is 5.69 Å². The van der Waals surface area contributed by atoms with E-state index in [4.69, 9.17) is 5.26 Å². The van der Waals surface area contributed by atoms with Crippen LogP contribution in [0.25, 0.3) is 11.3 Å². The fourth-order valence-electron chi connectivity index (χ4n) is 3.23. The Morgan fingerprint density at radius 2 is 1.88 bits per heavy atom. The van der Waals surface area contributed by atoms with Gasteiger partial charge in [0.25, 0.3) is 0 Å². The third kappa shape index (κ3) is 4.36. The maximum atomic E-state index is 8.82. The van der Waals surface area contributed by atoms with Crippen LogP contribution in [0.15, 0.2) is 42.6 Å². The lowest BCUT2D eigenvalue weighted by molar-refractivity contribution is 0.260. The molecule has 1 aromatic carbocycles. The highest BCUT2D eigenvalue weighted by Crippen LogP contribution is 2.29. The lowest BCUT2D eigenvalue weighted by Crippen LogP contribution is -2.48. The topological polar surface area (TPSA) is 55.2 Å². The molecule has 2 aromatic rings. The molecule has 5 heteroatoms. The second-order valence-electron chi connectivity index (χ2n) is 6.34. The number of pyridine rings is 1. The van der Waals surface area contributed by atoms with Crippen molar-refractivity contribution in [2.24, 2.45) is 0 Å². The molecule has 1 aliphatic rings. The Bertz CT molecular complexity index is 712. The van der Waals surface area contributed by atoms with Gasteiger partial charge in [0.05, 0.1) is 23.9 Å². The van der Waals surface area contributed by atoms with E-state index in [0.717, 1.165) is 56.1 Å². The van der Waals surface area contributed by atoms with E-state index < -0.39 is 0 Å². The van der Waals surface area contributed by atoms with Crippen molar-refractivity contribution >= 4 is 5.69 Å². The fraction of sp³-hybridized carbons (Fsp3) is 0.400. The molecule has 0 bridgehead atoms. The number of benzene rings is 1. The minimum atomic E-state index is 0.448. The first-order chi connectivity index (χ1) is 12.3. The van der Waals surface area contributed by atoms with Crippen LogP contribution < -0.4 is 10.2 Å². The molecule has 1 aliphatic heterocycles. The molecule has 0 spiro atoms. The highest BCUT2D eigenvalue weighted by atomic mass is 15.3. The Balaban J connectivity index is 1.74. The van der Waals surface area contributed by atoms with Gasteiger partial charge in [-0.3, -0.25) is 9.88 Å². The molecule has 0 amide bonds. The largest absolute Gasteiger partial charge is 0.367 e. The van der Waals surface area contributed by atoms with Crippen LogP contribution in [0.5, 0.6) is 0 Å². The number of hydrogen-bond acceptors (Lipinski definition) is 5. The summed E-state index contributed by atoms with van der Waals surface area (Å²) in [4.78, 5) is 9.57. The molecule has 5 nitrogen and oxygen atoms in total. The lowest BCUT2D eigenvalue weighted by atomic mass is 10.0. The number of rotatable bonds is 6. The van der Waals surface area contributed by atoms with Gasteiger partial charge in [-0.2, -0.15) is 5.26 Å². The zero-order chi connectivity index (χ0) is 17.5. The first-order valence-electron chi connectivity index (χ1n) is 8.85. The SMILES string of the molecule is CNCCN1CCN(c2cccnc2-c2ccc(CC#N)cc2)CC1. The Labute approximate surface area is 149 Å². The average Bonchev–Trinajstić information content (AvgIpc) is 2.68. The zero-order valence-electron chi connectivity index (χ0n) is 14.8. The van der Waals surface area contributed by atoms with Crippen molar-refractivity contribution in [1.82, 2.24) is 15.2 Å². The number of nitrogens with one attached hydrogen (secondary N) is 1. The Morgan fingerprint density at radius 3 is 2.56 bits per heavy atom. The van der Waals surface area contributed by atoms with E-state index in [9.17, 15) is 0 Å². The minimum absolute atomic E-state index is 0.448. The predicted molar refractivity (Wildman–Crippen MR) is 102 cm³/mol. The van der Waals surface area contributed by atoms with Gasteiger partial charge in [0.1, 0.15) is 0 Å². The Kier molecular flexibility index (Phi) is 5.99. The van der Waals surface area contributed by atoms with Crippen LogP contribution in [0.3, 0.4) is 0 Å². The van der Waals surface area contributed by atoms with Crippen LogP contribution in [-0.2, 0) is 6.42 Å². The summed E-state index contributed by atoms with van der Waals surface area (Å²) in [5.74, 6) is 0. The standard InChI is InChI=1S/C20H25N5/c1-22-11-12-24-13-15-25(16-14-24)19-3-2-10-23-20(19)18-6-4-17(5-7-18)8-9-21/h2-7,10,22H,8,11-16H2,1H3. The number of anilines is 1. The molecule has 0 atom stereocenters. The molecule has 0 unspecified atom stereocenters. The number of nitriles is 1. The van der Waals surface area contributed by atoms with E-state index >= 15 is 0 Å². The molecule has 1 saturated heterocycles. The van der Waals surface area contributed by atoms with Gasteiger partial charge in [-0.1, -0.05) is 24.3 Å². The molecule has 1 fully saturated rings. The molecular formula is C20H25N5. The lowest BCUT2D eigenvalue weighted by Gasteiger charge is -2.36. The molecule has 0 radical (unpaired) electrons. The highest BCUT2D eigenvalue weighted by Gasteiger charge is 2.19. The van der Waals surface area contributed by atoms with E-state index in [2.05, 4.69) is 44.4 Å². The summed E-state index contributed by atoms with van der Waals surface area (Å²) >= 11 is 0. The van der Waals surface area contributed by atoms with Gasteiger partial charge in [-0.15, -0.1) is 0 Å². The normalized spacial score (nSPS) is 15.1. The summed E-state index contributed by atoms with van der Waals surface area (Å²) in [6.07, 6.45) is 2.30. The van der Waals surface area contributed by atoms with Crippen molar-refractivity contribution in [3.63, 3.8) is 0 Å². The minimum Gasteiger partial charge on any atom is -0.367 e. The Hall–Kier alpha value is -2.42. The van der Waals surface area contributed by atoms with Crippen molar-refractivity contribution < 1.29 is 0 Å². The third-order valence-corrected chi connectivity index (χ3v) is 4.69. The van der Waals surface area contributed by atoms with E-state index in [0.29, 0.717) is 6.42 Å². The van der Waals surface area contributed by atoms with E-state index in [-0.39, 0.29) is 0 Å². The summed E-state index contributed by atoms with van der Waals surface area (Å²) in [6.45, 7) is 6.34. The van der Waals surface area contributed by atoms with Crippen molar-refractivity contribution in [3.05, 3.63) is 48.2 Å². The predicted octanol–water partition coefficient (Wildman–Crippen LogP) is 2.16. The first-order valence-corrected chi connectivity index (χ1v) is 8.85. The van der Waals surface area contributed by atoms with E-state index in [1.54, 1.807) is 0 Å². The van der Waals surface area contributed by atoms with Crippen LogP contribution in [0.1, 0.15) is 5.56 Å². The van der Waals surface area contributed by atoms with Crippen LogP contribution in [0.2, 0.25) is 0 Å². The van der Waals surface area contributed by atoms with Crippen molar-refractivity contribution in [1.29, 1.82) is 5.26 Å². The van der Waals surface area contributed by atoms with Crippen molar-refractivity contribution in [2.45, 2.75) is 6.42 Å². The van der Waals surface area contributed by atoms with Gasteiger partial charge in [0, 0.05) is 51.0 Å². The molecule has 0 saturated carbocycles. The zero-order valence-corrected chi connectivity index (χ0v) is 14.8. The molecule has 1 aromatic heterocycles. The number of aromatic nitrogens is 1. The van der Waals surface area contributed by atoms with Gasteiger partial charge >= 0.3 is 0 Å². The summed E-state index contributed by atoms with van der Waals surface area (Å²) < 4.78 is 0. The van der Waals surface area contributed by atoms with Crippen LogP contribution >= 0.6 is 0 Å². The van der Waals surface area contributed by atoms with E-state index in [1.807, 2.05) is 31.4 Å². The highest BCUT2D eigenvalue weighted by molar-refractivity contribution is 5.75. The number of likely N-dealkylation sites (N-methyl/N-ethyl adjacent to an activating group) is 1. The van der Waals surface area contributed by atoms with Gasteiger partial charge in [-0.25, -0.2) is 0 Å². The Morgan fingerprint density at radius 1 is 1.12 bits per heavy atom. The maximum absolute atomic E-state index is 8.82. The second kappa shape index (κ2) is 8.61. The third-order valence-electron chi connectivity index (χ3n) is 4.69. The molecule has 130 valence electrons. The number of piperazine rings is 1. The molecule has 0 aliphatic carbocycles. The molecular weight excluding hydrogens is 310 g/mol. The van der Waals surface area contributed by atoms with Crippen molar-refractivity contribution in [2.75, 3.05) is 51.2 Å². The summed E-state index contributed by atoms with van der Waals surface area (Å²) in [6, 6.07) is 14.5. The average molecular weight is 335 g/mol. The summed E-state index contributed by atoms with van der Waals surface area (Å²) in [5.41, 5.74) is 4.37. The molecule has 1 N–H and O–H groups in total. The van der Waals surface area contributed by atoms with Gasteiger partial charge < -0.3 is 10.2 Å². The molecule has 2 heterocycles. The fourth-order valence-corrected chi connectivity index (χ4v) is 3.23. The number of nitrogens with zero attached hydrogens (tertiary/aromatic N) is 4. The van der Waals surface area contributed by atoms with Crippen molar-refractivity contribution in [3.8, 4) is 17.3 Å². The smallest absolute Gasteiger partial charge is 0.0935 e. The first kappa shape index (κ1) is 17.4. The number of hydrogen-bond donors (Lipinski definition) is 1. The quantitative estimate of drug-likeness (QED) is 0.877. The van der Waals surface area contributed by atoms with E-state index in [1.165, 1.54) is 5.69 Å². The van der Waals surface area contributed by atoms with Gasteiger partial charge in [0.2, 0.25) is 0 Å². The molecule has 25 heavy (non-hydrogen) atoms. The second-order valence-corrected chi connectivity index (χ2v) is 6.34. The van der Waals surface area contributed by atoms with Gasteiger partial charge in [-0.05, 0) is 24.7 Å². The summed E-state index contributed by atoms with van der Waals surface area (Å²) in [7, 11) is 2.00. The monoisotopic (exact) mass is 335 g/mol. The van der Waals surface area contributed by atoms with Crippen LogP contribution in [-0.4, -0.2) is 56.2 Å². The maximum Gasteiger partial charge on any atom is 0.0935 e.